The van der Waals surface area contributed by atoms with Crippen LogP contribution < -0.4 is 10.1 Å². The SMILES string of the molecule is COC(=O)Cc1nc(NC=O)cc(OC)n1. The van der Waals surface area contributed by atoms with Gasteiger partial charge in [-0.05, 0) is 0 Å². The Morgan fingerprint density at radius 3 is 2.81 bits per heavy atom. The fourth-order valence-electron chi connectivity index (χ4n) is 0.992. The predicted octanol–water partition coefficient (Wildman–Crippen LogP) is -0.231. The largest absolute Gasteiger partial charge is 0.481 e. The van der Waals surface area contributed by atoms with Crippen LogP contribution in [-0.2, 0) is 20.7 Å². The van der Waals surface area contributed by atoms with Gasteiger partial charge in [0.25, 0.3) is 0 Å². The molecule has 0 atom stereocenters. The van der Waals surface area contributed by atoms with Gasteiger partial charge in [0.2, 0.25) is 12.3 Å². The summed E-state index contributed by atoms with van der Waals surface area (Å²) in [6.07, 6.45) is 0.394. The average molecular weight is 225 g/mol. The zero-order valence-corrected chi connectivity index (χ0v) is 8.89. The number of esters is 1. The van der Waals surface area contributed by atoms with Crippen LogP contribution in [0.3, 0.4) is 0 Å². The van der Waals surface area contributed by atoms with E-state index >= 15 is 0 Å². The monoisotopic (exact) mass is 225 g/mol. The van der Waals surface area contributed by atoms with Crippen LogP contribution in [0.5, 0.6) is 5.88 Å². The first-order chi connectivity index (χ1) is 7.69. The van der Waals surface area contributed by atoms with Crippen molar-refractivity contribution in [2.24, 2.45) is 0 Å². The highest BCUT2D eigenvalue weighted by Gasteiger charge is 2.09. The summed E-state index contributed by atoms with van der Waals surface area (Å²) in [4.78, 5) is 29.1. The molecule has 1 heterocycles. The molecule has 1 aromatic rings. The van der Waals surface area contributed by atoms with Crippen molar-refractivity contribution in [1.82, 2.24) is 9.97 Å². The number of carbonyl (C=O) groups excluding carboxylic acids is 2. The number of anilines is 1. The molecule has 0 fully saturated rings. The topological polar surface area (TPSA) is 90.4 Å². The molecule has 86 valence electrons. The van der Waals surface area contributed by atoms with E-state index in [9.17, 15) is 9.59 Å². The van der Waals surface area contributed by atoms with Crippen LogP contribution in [0.15, 0.2) is 6.07 Å². The Morgan fingerprint density at radius 2 is 2.25 bits per heavy atom. The number of carbonyl (C=O) groups is 2. The molecular formula is C9H11N3O4. The van der Waals surface area contributed by atoms with E-state index in [0.29, 0.717) is 6.41 Å². The number of nitrogens with zero attached hydrogens (tertiary/aromatic N) is 2. The number of rotatable bonds is 5. The van der Waals surface area contributed by atoms with E-state index in [1.807, 2.05) is 0 Å². The number of amides is 1. The molecule has 16 heavy (non-hydrogen) atoms. The van der Waals surface area contributed by atoms with Crippen molar-refractivity contribution < 1.29 is 19.1 Å². The van der Waals surface area contributed by atoms with Crippen molar-refractivity contribution in [2.45, 2.75) is 6.42 Å². The first-order valence-electron chi connectivity index (χ1n) is 4.38. The zero-order valence-electron chi connectivity index (χ0n) is 8.89. The lowest BCUT2D eigenvalue weighted by atomic mass is 10.4. The van der Waals surface area contributed by atoms with Gasteiger partial charge in [0.05, 0.1) is 14.2 Å². The molecular weight excluding hydrogens is 214 g/mol. The molecule has 7 heteroatoms. The zero-order chi connectivity index (χ0) is 12.0. The van der Waals surface area contributed by atoms with Gasteiger partial charge in [0.15, 0.2) is 0 Å². The lowest BCUT2D eigenvalue weighted by Gasteiger charge is -2.05. The molecule has 0 unspecified atom stereocenters. The van der Waals surface area contributed by atoms with Crippen LogP contribution >= 0.6 is 0 Å². The molecule has 1 amide bonds. The summed E-state index contributed by atoms with van der Waals surface area (Å²) in [5.74, 6) is 0.278. The highest BCUT2D eigenvalue weighted by Crippen LogP contribution is 2.12. The quantitative estimate of drug-likeness (QED) is 0.549. The average Bonchev–Trinajstić information content (AvgIpc) is 2.29. The summed E-state index contributed by atoms with van der Waals surface area (Å²) in [5, 5.41) is 2.35. The molecule has 1 aromatic heterocycles. The van der Waals surface area contributed by atoms with E-state index < -0.39 is 5.97 Å². The lowest BCUT2D eigenvalue weighted by molar-refractivity contribution is -0.139. The van der Waals surface area contributed by atoms with Crippen molar-refractivity contribution in [3.63, 3.8) is 0 Å². The summed E-state index contributed by atoms with van der Waals surface area (Å²) in [7, 11) is 2.70. The minimum atomic E-state index is -0.467. The summed E-state index contributed by atoms with van der Waals surface area (Å²) >= 11 is 0. The molecule has 0 saturated heterocycles. The van der Waals surface area contributed by atoms with Crippen molar-refractivity contribution in [1.29, 1.82) is 0 Å². The van der Waals surface area contributed by atoms with E-state index in [2.05, 4.69) is 20.0 Å². The fourth-order valence-corrected chi connectivity index (χ4v) is 0.992. The van der Waals surface area contributed by atoms with Crippen LogP contribution in [0.2, 0.25) is 0 Å². The van der Waals surface area contributed by atoms with Gasteiger partial charge in [-0.1, -0.05) is 0 Å². The molecule has 0 radical (unpaired) electrons. The fraction of sp³-hybridized carbons (Fsp3) is 0.333. The Labute approximate surface area is 91.8 Å². The Morgan fingerprint density at radius 1 is 1.50 bits per heavy atom. The molecule has 0 bridgehead atoms. The molecule has 0 aliphatic rings. The van der Waals surface area contributed by atoms with Gasteiger partial charge in [-0.2, -0.15) is 4.98 Å². The molecule has 0 saturated carbocycles. The van der Waals surface area contributed by atoms with Crippen molar-refractivity contribution in [2.75, 3.05) is 19.5 Å². The maximum atomic E-state index is 11.0. The van der Waals surface area contributed by atoms with Gasteiger partial charge >= 0.3 is 5.97 Å². The number of nitrogens with one attached hydrogen (secondary N) is 1. The third-order valence-electron chi connectivity index (χ3n) is 1.70. The Bertz CT molecular complexity index is 394. The van der Waals surface area contributed by atoms with Gasteiger partial charge in [0, 0.05) is 6.07 Å². The number of hydrogen-bond donors (Lipinski definition) is 1. The van der Waals surface area contributed by atoms with Crippen molar-refractivity contribution >= 4 is 18.2 Å². The van der Waals surface area contributed by atoms with E-state index in [1.54, 1.807) is 0 Å². The molecule has 0 aliphatic heterocycles. The van der Waals surface area contributed by atoms with Crippen molar-refractivity contribution in [3.8, 4) is 5.88 Å². The molecule has 1 rings (SSSR count). The first kappa shape index (κ1) is 11.9. The Balaban J connectivity index is 2.94. The van der Waals surface area contributed by atoms with E-state index in [0.717, 1.165) is 0 Å². The third-order valence-corrected chi connectivity index (χ3v) is 1.70. The number of methoxy groups -OCH3 is 2. The van der Waals surface area contributed by atoms with Crippen LogP contribution in [0.25, 0.3) is 0 Å². The van der Waals surface area contributed by atoms with E-state index in [1.165, 1.54) is 20.3 Å². The first-order valence-corrected chi connectivity index (χ1v) is 4.38. The summed E-state index contributed by atoms with van der Waals surface area (Å²) in [6, 6.07) is 1.44. The normalized spacial score (nSPS) is 9.38. The molecule has 0 spiro atoms. The molecule has 0 aromatic carbocycles. The maximum Gasteiger partial charge on any atom is 0.313 e. The summed E-state index contributed by atoms with van der Waals surface area (Å²) < 4.78 is 9.38. The van der Waals surface area contributed by atoms with E-state index in [4.69, 9.17) is 4.74 Å². The summed E-state index contributed by atoms with van der Waals surface area (Å²) in [6.45, 7) is 0. The van der Waals surface area contributed by atoms with Crippen LogP contribution in [-0.4, -0.2) is 36.6 Å². The predicted molar refractivity (Wildman–Crippen MR) is 54.0 cm³/mol. The molecule has 0 aliphatic carbocycles. The minimum absolute atomic E-state index is 0.0821. The maximum absolute atomic E-state index is 11.0. The van der Waals surface area contributed by atoms with Gasteiger partial charge in [-0.15, -0.1) is 0 Å². The van der Waals surface area contributed by atoms with Gasteiger partial charge in [-0.3, -0.25) is 9.59 Å². The standard InChI is InChI=1S/C9H11N3O4/c1-15-8-3-6(10-5-13)11-7(12-8)4-9(14)16-2/h3,5H,4H2,1-2H3,(H,10,11,12,13). The Kier molecular flexibility index (Phi) is 4.19. The minimum Gasteiger partial charge on any atom is -0.481 e. The number of ether oxygens (including phenoxy) is 2. The summed E-state index contributed by atoms with van der Waals surface area (Å²) in [5.41, 5.74) is 0. The molecule has 7 nitrogen and oxygen atoms in total. The Hall–Kier alpha value is -2.18. The van der Waals surface area contributed by atoms with Gasteiger partial charge in [-0.25, -0.2) is 4.98 Å². The van der Waals surface area contributed by atoms with Gasteiger partial charge in [0.1, 0.15) is 18.1 Å². The smallest absolute Gasteiger partial charge is 0.313 e. The van der Waals surface area contributed by atoms with Crippen LogP contribution in [0.1, 0.15) is 5.82 Å². The van der Waals surface area contributed by atoms with E-state index in [-0.39, 0.29) is 23.9 Å². The van der Waals surface area contributed by atoms with Gasteiger partial charge < -0.3 is 14.8 Å². The van der Waals surface area contributed by atoms with Crippen molar-refractivity contribution in [3.05, 3.63) is 11.9 Å². The second kappa shape index (κ2) is 5.64. The number of hydrogen-bond acceptors (Lipinski definition) is 6. The van der Waals surface area contributed by atoms with Crippen LogP contribution in [0.4, 0.5) is 5.82 Å². The molecule has 1 N–H and O–H groups in total. The lowest BCUT2D eigenvalue weighted by Crippen LogP contribution is -2.10. The second-order valence-corrected chi connectivity index (χ2v) is 2.73. The van der Waals surface area contributed by atoms with Crippen LogP contribution in [0, 0.1) is 0 Å². The third kappa shape index (κ3) is 3.19. The second-order valence-electron chi connectivity index (χ2n) is 2.73. The number of aromatic nitrogens is 2. The highest BCUT2D eigenvalue weighted by atomic mass is 16.5. The highest BCUT2D eigenvalue weighted by molar-refractivity contribution is 5.72.